The molecule has 0 bridgehead atoms. The maximum absolute atomic E-state index is 11.2. The van der Waals surface area contributed by atoms with E-state index in [0.29, 0.717) is 13.2 Å². The maximum atomic E-state index is 11.2. The van der Waals surface area contributed by atoms with Gasteiger partial charge < -0.3 is 14.4 Å². The lowest BCUT2D eigenvalue weighted by molar-refractivity contribution is -0.138. The van der Waals surface area contributed by atoms with Crippen LogP contribution < -0.4 is 4.90 Å². The second kappa shape index (κ2) is 15.3. The van der Waals surface area contributed by atoms with Crippen molar-refractivity contribution in [2.45, 2.75) is 52.4 Å². The molecule has 3 aromatic carbocycles. The molecule has 0 spiro atoms. The van der Waals surface area contributed by atoms with Crippen LogP contribution in [0, 0.1) is 13.8 Å². The molecule has 0 atom stereocenters. The molecule has 3 rings (SSSR count). The van der Waals surface area contributed by atoms with Gasteiger partial charge in [-0.3, -0.25) is 0 Å². The van der Waals surface area contributed by atoms with Crippen molar-refractivity contribution in [1.29, 1.82) is 0 Å². The second-order valence-electron chi connectivity index (χ2n) is 9.59. The summed E-state index contributed by atoms with van der Waals surface area (Å²) in [5.74, 6) is -0.740. The van der Waals surface area contributed by atoms with Crippen molar-refractivity contribution in [3.63, 3.8) is 0 Å². The van der Waals surface area contributed by atoms with Crippen LogP contribution in [0.1, 0.15) is 47.9 Å². The zero-order valence-corrected chi connectivity index (χ0v) is 23.2. The highest BCUT2D eigenvalue weighted by Gasteiger charge is 2.13. The van der Waals surface area contributed by atoms with Gasteiger partial charge in [0.1, 0.15) is 0 Å². The number of carbonyl (C=O) groups excluding carboxylic acids is 2. The lowest BCUT2D eigenvalue weighted by atomic mass is 10.0. The number of benzene rings is 3. The summed E-state index contributed by atoms with van der Waals surface area (Å²) in [5.41, 5.74) is 8.33. The summed E-state index contributed by atoms with van der Waals surface area (Å²) < 4.78 is 10.1. The Morgan fingerprint density at radius 1 is 0.641 bits per heavy atom. The van der Waals surface area contributed by atoms with Crippen molar-refractivity contribution < 1.29 is 19.1 Å². The molecule has 5 nitrogen and oxygen atoms in total. The van der Waals surface area contributed by atoms with Crippen molar-refractivity contribution in [2.75, 3.05) is 18.1 Å². The van der Waals surface area contributed by atoms with Crippen LogP contribution in [0.25, 0.3) is 0 Å². The first-order chi connectivity index (χ1) is 18.9. The zero-order chi connectivity index (χ0) is 28.0. The number of hydrogen-bond donors (Lipinski definition) is 0. The number of ether oxygens (including phenoxy) is 2. The summed E-state index contributed by atoms with van der Waals surface area (Å²) in [4.78, 5) is 24.6. The van der Waals surface area contributed by atoms with Crippen LogP contribution in [0.4, 0.5) is 17.1 Å². The lowest BCUT2D eigenvalue weighted by Crippen LogP contribution is -2.10. The number of anilines is 3. The van der Waals surface area contributed by atoms with Gasteiger partial charge in [0.15, 0.2) is 0 Å². The normalized spacial score (nSPS) is 10.5. The number of nitrogens with zero attached hydrogens (tertiary/aromatic N) is 1. The van der Waals surface area contributed by atoms with E-state index in [2.05, 4.69) is 98.6 Å². The van der Waals surface area contributed by atoms with E-state index in [9.17, 15) is 9.59 Å². The summed E-state index contributed by atoms with van der Waals surface area (Å²) in [5, 5.41) is 0. The molecule has 0 aliphatic rings. The van der Waals surface area contributed by atoms with E-state index in [1.807, 2.05) is 0 Å². The Kier molecular flexibility index (Phi) is 11.6. The van der Waals surface area contributed by atoms with Crippen LogP contribution in [-0.2, 0) is 31.9 Å². The highest BCUT2D eigenvalue weighted by Crippen LogP contribution is 2.35. The van der Waals surface area contributed by atoms with Crippen molar-refractivity contribution in [3.8, 4) is 0 Å². The van der Waals surface area contributed by atoms with Gasteiger partial charge in [-0.2, -0.15) is 0 Å². The fraction of sp³-hybridized carbons (Fsp3) is 0.294. The standard InChI is InChI=1S/C34H39NO4/c1-5-33(36)38-23-9-7-11-28-14-19-30(20-15-28)35(32-18-13-26(3)27(4)25-32)31-21-16-29(17-22-31)12-8-10-24-39-34(37)6-2/h5-6,13-22,25H,1-2,7-12,23-24H2,3-4H3. The number of carbonyl (C=O) groups is 2. The van der Waals surface area contributed by atoms with Gasteiger partial charge in [0.05, 0.1) is 13.2 Å². The molecule has 0 aliphatic heterocycles. The Morgan fingerprint density at radius 2 is 1.08 bits per heavy atom. The summed E-state index contributed by atoms with van der Waals surface area (Å²) in [6.07, 6.45) is 7.78. The number of aryl methyl sites for hydroxylation is 4. The third kappa shape index (κ3) is 9.29. The van der Waals surface area contributed by atoms with E-state index in [1.54, 1.807) is 0 Å². The maximum Gasteiger partial charge on any atom is 0.330 e. The van der Waals surface area contributed by atoms with E-state index in [1.165, 1.54) is 34.4 Å². The van der Waals surface area contributed by atoms with Crippen LogP contribution in [0.15, 0.2) is 92.0 Å². The zero-order valence-electron chi connectivity index (χ0n) is 23.2. The summed E-state index contributed by atoms with van der Waals surface area (Å²) >= 11 is 0. The number of unbranched alkanes of at least 4 members (excludes halogenated alkanes) is 2. The average Bonchev–Trinajstić information content (AvgIpc) is 2.96. The minimum absolute atomic E-state index is 0.370. The van der Waals surface area contributed by atoms with E-state index >= 15 is 0 Å². The highest BCUT2D eigenvalue weighted by atomic mass is 16.5. The molecule has 3 aromatic rings. The third-order valence-electron chi connectivity index (χ3n) is 6.68. The first kappa shape index (κ1) is 29.4. The lowest BCUT2D eigenvalue weighted by Gasteiger charge is -2.26. The van der Waals surface area contributed by atoms with E-state index in [-0.39, 0.29) is 11.9 Å². The molecule has 0 aromatic heterocycles. The molecular formula is C34H39NO4. The fourth-order valence-electron chi connectivity index (χ4n) is 4.26. The monoisotopic (exact) mass is 525 g/mol. The Balaban J connectivity index is 1.69. The summed E-state index contributed by atoms with van der Waals surface area (Å²) in [6, 6.07) is 23.9. The first-order valence-corrected chi connectivity index (χ1v) is 13.5. The number of esters is 2. The largest absolute Gasteiger partial charge is 0.463 e. The van der Waals surface area contributed by atoms with Crippen molar-refractivity contribution in [1.82, 2.24) is 0 Å². The van der Waals surface area contributed by atoms with Crippen LogP contribution in [0.5, 0.6) is 0 Å². The highest BCUT2D eigenvalue weighted by molar-refractivity contribution is 5.81. The molecule has 0 saturated carbocycles. The molecule has 39 heavy (non-hydrogen) atoms. The molecule has 204 valence electrons. The predicted molar refractivity (Wildman–Crippen MR) is 159 cm³/mol. The van der Waals surface area contributed by atoms with Crippen LogP contribution >= 0.6 is 0 Å². The smallest absolute Gasteiger partial charge is 0.330 e. The van der Waals surface area contributed by atoms with Gasteiger partial charge in [0, 0.05) is 29.2 Å². The van der Waals surface area contributed by atoms with Crippen LogP contribution in [-0.4, -0.2) is 25.2 Å². The Labute approximate surface area is 232 Å². The fourth-order valence-corrected chi connectivity index (χ4v) is 4.26. The Hall–Kier alpha value is -4.12. The molecule has 5 heteroatoms. The summed E-state index contributed by atoms with van der Waals surface area (Å²) in [6.45, 7) is 11.9. The molecule has 0 fully saturated rings. The molecule has 0 aliphatic carbocycles. The number of hydrogen-bond acceptors (Lipinski definition) is 5. The van der Waals surface area contributed by atoms with Gasteiger partial charge in [-0.25, -0.2) is 9.59 Å². The average molecular weight is 526 g/mol. The quantitative estimate of drug-likeness (QED) is 0.115. The topological polar surface area (TPSA) is 55.8 Å². The van der Waals surface area contributed by atoms with Crippen LogP contribution in [0.2, 0.25) is 0 Å². The van der Waals surface area contributed by atoms with Gasteiger partial charge in [0.25, 0.3) is 0 Å². The Morgan fingerprint density at radius 3 is 1.49 bits per heavy atom. The van der Waals surface area contributed by atoms with E-state index in [0.717, 1.165) is 55.6 Å². The SMILES string of the molecule is C=CC(=O)OCCCCc1ccc(N(c2ccc(CCCCOC(=O)C=C)cc2)c2ccc(C)c(C)c2)cc1. The second-order valence-corrected chi connectivity index (χ2v) is 9.59. The van der Waals surface area contributed by atoms with Gasteiger partial charge in [-0.1, -0.05) is 43.5 Å². The molecule has 0 amide bonds. The van der Waals surface area contributed by atoms with Gasteiger partial charge >= 0.3 is 11.9 Å². The van der Waals surface area contributed by atoms with E-state index in [4.69, 9.17) is 9.47 Å². The van der Waals surface area contributed by atoms with Crippen molar-refractivity contribution >= 4 is 29.0 Å². The summed E-state index contributed by atoms with van der Waals surface area (Å²) in [7, 11) is 0. The van der Waals surface area contributed by atoms with Crippen molar-refractivity contribution in [3.05, 3.63) is 114 Å². The molecule has 0 radical (unpaired) electrons. The Bertz CT molecular complexity index is 1170. The predicted octanol–water partition coefficient (Wildman–Crippen LogP) is 7.88. The van der Waals surface area contributed by atoms with Gasteiger partial charge in [-0.15, -0.1) is 0 Å². The van der Waals surface area contributed by atoms with Crippen LogP contribution in [0.3, 0.4) is 0 Å². The molecule has 0 saturated heterocycles. The third-order valence-corrected chi connectivity index (χ3v) is 6.68. The molecule has 0 N–H and O–H groups in total. The minimum Gasteiger partial charge on any atom is -0.463 e. The molecule has 0 unspecified atom stereocenters. The van der Waals surface area contributed by atoms with Gasteiger partial charge in [-0.05, 0) is 111 Å². The van der Waals surface area contributed by atoms with Gasteiger partial charge in [0.2, 0.25) is 0 Å². The minimum atomic E-state index is -0.370. The first-order valence-electron chi connectivity index (χ1n) is 13.5. The van der Waals surface area contributed by atoms with Crippen molar-refractivity contribution in [2.24, 2.45) is 0 Å². The molecule has 0 heterocycles. The number of rotatable bonds is 15. The molecular weight excluding hydrogens is 486 g/mol. The van der Waals surface area contributed by atoms with E-state index < -0.39 is 0 Å².